The van der Waals surface area contributed by atoms with Gasteiger partial charge in [-0.25, -0.2) is 8.42 Å². The maximum atomic E-state index is 12.6. The molecular formula is C12H22N4O3S. The zero-order valence-electron chi connectivity index (χ0n) is 12.4. The van der Waals surface area contributed by atoms with Gasteiger partial charge in [0.15, 0.2) is 0 Å². The molecule has 1 aliphatic rings. The molecule has 2 rings (SSSR count). The number of nitrogens with zero attached hydrogens (tertiary/aromatic N) is 3. The number of H-pyrrole nitrogens is 1. The first kappa shape index (κ1) is 15.4. The lowest BCUT2D eigenvalue weighted by Crippen LogP contribution is -2.46. The Balaban J connectivity index is 2.13. The maximum Gasteiger partial charge on any atom is 0.246 e. The topological polar surface area (TPSA) is 78.5 Å². The van der Waals surface area contributed by atoms with E-state index in [2.05, 4.69) is 15.1 Å². The summed E-state index contributed by atoms with van der Waals surface area (Å²) in [6.07, 6.45) is -0.0963. The number of ether oxygens (including phenoxy) is 1. The molecule has 0 aliphatic carbocycles. The van der Waals surface area contributed by atoms with Crippen molar-refractivity contribution in [1.29, 1.82) is 0 Å². The van der Waals surface area contributed by atoms with Gasteiger partial charge in [0.1, 0.15) is 4.90 Å². The van der Waals surface area contributed by atoms with Crippen LogP contribution in [0.5, 0.6) is 0 Å². The molecule has 114 valence electrons. The van der Waals surface area contributed by atoms with E-state index in [1.165, 1.54) is 4.31 Å². The summed E-state index contributed by atoms with van der Waals surface area (Å²) in [7, 11) is 0.0581. The fourth-order valence-corrected chi connectivity index (χ4v) is 3.96. The van der Waals surface area contributed by atoms with E-state index < -0.39 is 10.0 Å². The molecule has 0 amide bonds. The number of aromatic nitrogens is 2. The number of aromatic amines is 1. The molecule has 0 radical (unpaired) electrons. The Hall–Kier alpha value is -0.960. The summed E-state index contributed by atoms with van der Waals surface area (Å²) in [5, 5.41) is 6.67. The van der Waals surface area contributed by atoms with Crippen LogP contribution >= 0.6 is 0 Å². The van der Waals surface area contributed by atoms with Gasteiger partial charge in [0, 0.05) is 26.7 Å². The average molecular weight is 302 g/mol. The van der Waals surface area contributed by atoms with Gasteiger partial charge in [-0.2, -0.15) is 9.40 Å². The molecule has 0 spiro atoms. The number of hydrogen-bond acceptors (Lipinski definition) is 5. The van der Waals surface area contributed by atoms with E-state index in [-0.39, 0.29) is 11.0 Å². The minimum absolute atomic E-state index is 0.0963. The average Bonchev–Trinajstić information content (AvgIpc) is 2.69. The second kappa shape index (κ2) is 5.80. The second-order valence-corrected chi connectivity index (χ2v) is 7.29. The maximum absolute atomic E-state index is 12.6. The molecule has 1 unspecified atom stereocenters. The molecule has 1 N–H and O–H groups in total. The quantitative estimate of drug-likeness (QED) is 0.845. The Kier molecular flexibility index (Phi) is 4.48. The number of rotatable bonds is 4. The molecule has 1 aliphatic heterocycles. The molecule has 1 saturated heterocycles. The number of aryl methyl sites for hydroxylation is 2. The van der Waals surface area contributed by atoms with Crippen LogP contribution in [-0.2, 0) is 14.8 Å². The third-order valence-corrected chi connectivity index (χ3v) is 5.62. The van der Waals surface area contributed by atoms with Gasteiger partial charge >= 0.3 is 0 Å². The predicted octanol–water partition coefficient (Wildman–Crippen LogP) is -0.0224. The van der Waals surface area contributed by atoms with Gasteiger partial charge in [-0.1, -0.05) is 0 Å². The summed E-state index contributed by atoms with van der Waals surface area (Å²) < 4.78 is 32.1. The number of nitrogens with one attached hydrogen (secondary N) is 1. The smallest absolute Gasteiger partial charge is 0.246 e. The van der Waals surface area contributed by atoms with Crippen LogP contribution in [-0.4, -0.2) is 74.3 Å². The summed E-state index contributed by atoms with van der Waals surface area (Å²) in [5.41, 5.74) is 1.06. The Morgan fingerprint density at radius 1 is 1.50 bits per heavy atom. The first-order valence-electron chi connectivity index (χ1n) is 6.60. The Labute approximate surface area is 120 Å². The van der Waals surface area contributed by atoms with Gasteiger partial charge < -0.3 is 9.64 Å². The number of morpholine rings is 1. The zero-order valence-corrected chi connectivity index (χ0v) is 13.2. The molecule has 20 heavy (non-hydrogen) atoms. The van der Waals surface area contributed by atoms with E-state index in [1.54, 1.807) is 20.9 Å². The molecule has 0 bridgehead atoms. The minimum Gasteiger partial charge on any atom is -0.374 e. The lowest BCUT2D eigenvalue weighted by Gasteiger charge is -2.32. The van der Waals surface area contributed by atoms with Crippen LogP contribution in [0.4, 0.5) is 0 Å². The van der Waals surface area contributed by atoms with Gasteiger partial charge in [0.05, 0.1) is 24.1 Å². The van der Waals surface area contributed by atoms with Crippen LogP contribution in [0.1, 0.15) is 11.4 Å². The van der Waals surface area contributed by atoms with Crippen molar-refractivity contribution in [3.05, 3.63) is 11.4 Å². The molecule has 1 atom stereocenters. The van der Waals surface area contributed by atoms with Crippen molar-refractivity contribution in [3.63, 3.8) is 0 Å². The van der Waals surface area contributed by atoms with E-state index in [1.807, 2.05) is 7.05 Å². The molecule has 7 nitrogen and oxygen atoms in total. The number of likely N-dealkylation sites (N-methyl/N-ethyl adjacent to an activating group) is 2. The lowest BCUT2D eigenvalue weighted by molar-refractivity contribution is -0.0247. The van der Waals surface area contributed by atoms with Crippen molar-refractivity contribution >= 4 is 10.0 Å². The molecule has 0 saturated carbocycles. The number of sulfonamides is 1. The Morgan fingerprint density at radius 3 is 2.75 bits per heavy atom. The van der Waals surface area contributed by atoms with Crippen LogP contribution in [0.2, 0.25) is 0 Å². The zero-order chi connectivity index (χ0) is 14.9. The monoisotopic (exact) mass is 302 g/mol. The molecule has 0 aromatic carbocycles. The summed E-state index contributed by atoms with van der Waals surface area (Å²) >= 11 is 0. The van der Waals surface area contributed by atoms with Gasteiger partial charge in [0.2, 0.25) is 10.0 Å². The number of hydrogen-bond donors (Lipinski definition) is 1. The van der Waals surface area contributed by atoms with Crippen molar-refractivity contribution in [2.75, 3.05) is 40.3 Å². The Bertz CT molecular complexity index is 550. The predicted molar refractivity (Wildman–Crippen MR) is 75.1 cm³/mol. The Morgan fingerprint density at radius 2 is 2.20 bits per heavy atom. The van der Waals surface area contributed by atoms with Crippen LogP contribution in [0.25, 0.3) is 0 Å². The van der Waals surface area contributed by atoms with Crippen molar-refractivity contribution in [3.8, 4) is 0 Å². The fraction of sp³-hybridized carbons (Fsp3) is 0.750. The highest BCUT2D eigenvalue weighted by Crippen LogP contribution is 2.21. The first-order chi connectivity index (χ1) is 9.32. The molecule has 1 fully saturated rings. The summed E-state index contributed by atoms with van der Waals surface area (Å²) in [4.78, 5) is 2.41. The highest BCUT2D eigenvalue weighted by atomic mass is 32.2. The van der Waals surface area contributed by atoms with Crippen molar-refractivity contribution in [2.45, 2.75) is 24.8 Å². The SMILES string of the molecule is Cc1n[nH]c(C)c1S(=O)(=O)N(C)CC1CN(C)CCO1. The van der Waals surface area contributed by atoms with E-state index in [0.29, 0.717) is 24.5 Å². The van der Waals surface area contributed by atoms with Crippen molar-refractivity contribution in [1.82, 2.24) is 19.4 Å². The molecule has 1 aromatic heterocycles. The van der Waals surface area contributed by atoms with Crippen molar-refractivity contribution < 1.29 is 13.2 Å². The van der Waals surface area contributed by atoms with E-state index in [4.69, 9.17) is 4.74 Å². The molecule has 2 heterocycles. The van der Waals surface area contributed by atoms with Gasteiger partial charge in [0.25, 0.3) is 0 Å². The lowest BCUT2D eigenvalue weighted by atomic mass is 10.3. The second-order valence-electron chi connectivity index (χ2n) is 5.30. The van der Waals surface area contributed by atoms with Crippen LogP contribution in [0, 0.1) is 13.8 Å². The molecular weight excluding hydrogens is 280 g/mol. The minimum atomic E-state index is -3.53. The van der Waals surface area contributed by atoms with E-state index >= 15 is 0 Å². The summed E-state index contributed by atoms with van der Waals surface area (Å²) in [6.45, 7) is 6.01. The largest absolute Gasteiger partial charge is 0.374 e. The van der Waals surface area contributed by atoms with Gasteiger partial charge in [-0.05, 0) is 20.9 Å². The van der Waals surface area contributed by atoms with Crippen LogP contribution in [0.3, 0.4) is 0 Å². The fourth-order valence-electron chi connectivity index (χ4n) is 2.44. The van der Waals surface area contributed by atoms with Crippen LogP contribution < -0.4 is 0 Å². The van der Waals surface area contributed by atoms with Crippen LogP contribution in [0.15, 0.2) is 4.90 Å². The summed E-state index contributed by atoms with van der Waals surface area (Å²) in [6, 6.07) is 0. The summed E-state index contributed by atoms with van der Waals surface area (Å²) in [5.74, 6) is 0. The van der Waals surface area contributed by atoms with Gasteiger partial charge in [-0.3, -0.25) is 5.10 Å². The van der Waals surface area contributed by atoms with E-state index in [9.17, 15) is 8.42 Å². The molecule has 8 heteroatoms. The van der Waals surface area contributed by atoms with E-state index in [0.717, 1.165) is 13.1 Å². The van der Waals surface area contributed by atoms with Gasteiger partial charge in [-0.15, -0.1) is 0 Å². The highest BCUT2D eigenvalue weighted by molar-refractivity contribution is 7.89. The molecule has 1 aromatic rings. The third kappa shape index (κ3) is 3.03. The third-order valence-electron chi connectivity index (χ3n) is 3.53. The van der Waals surface area contributed by atoms with Crippen molar-refractivity contribution in [2.24, 2.45) is 0 Å². The standard InChI is InChI=1S/C12H22N4O3S/c1-9-12(10(2)14-13-9)20(17,18)16(4)8-11-7-15(3)5-6-19-11/h11H,5-8H2,1-4H3,(H,13,14). The normalized spacial score (nSPS) is 21.6. The first-order valence-corrected chi connectivity index (χ1v) is 8.04. The highest BCUT2D eigenvalue weighted by Gasteiger charge is 2.30.